The molecule has 0 spiro atoms. The van der Waals surface area contributed by atoms with Crippen LogP contribution in [-0.2, 0) is 6.18 Å². The fraction of sp³-hybridized carbons (Fsp3) is 0.382. The summed E-state index contributed by atoms with van der Waals surface area (Å²) >= 11 is 40.7. The van der Waals surface area contributed by atoms with Crippen molar-refractivity contribution >= 4 is 81.2 Å². The quantitative estimate of drug-likeness (QED) is 0.138. The molecule has 0 saturated carbocycles. The van der Waals surface area contributed by atoms with Crippen LogP contribution < -0.4 is 4.74 Å². The topological polar surface area (TPSA) is 9.23 Å². The third kappa shape index (κ3) is 29.0. The largest absolute Gasteiger partial charge is 0.573 e. The van der Waals surface area contributed by atoms with E-state index in [2.05, 4.69) is 103 Å². The fourth-order valence-electron chi connectivity index (χ4n) is 7.18. The fourth-order valence-corrected chi connectivity index (χ4v) is 9.02. The van der Waals surface area contributed by atoms with Crippen LogP contribution in [0.5, 0.6) is 5.75 Å². The minimum Gasteiger partial charge on any atom is -0.404 e. The van der Waals surface area contributed by atoms with Crippen molar-refractivity contribution in [2.75, 3.05) is 0 Å². The highest BCUT2D eigenvalue weighted by Gasteiger charge is 2.34. The molecule has 0 saturated heterocycles. The number of hydrogen-bond donors (Lipinski definition) is 0. The van der Waals surface area contributed by atoms with E-state index in [0.717, 1.165) is 54.5 Å². The van der Waals surface area contributed by atoms with E-state index < -0.39 is 29.7 Å². The Morgan fingerprint density at radius 1 is 0.345 bits per heavy atom. The second kappa shape index (κ2) is 36.8. The van der Waals surface area contributed by atoms with Crippen molar-refractivity contribution in [3.8, 4) is 5.75 Å². The maximum Gasteiger partial charge on any atom is 0.573 e. The van der Waals surface area contributed by atoms with Gasteiger partial charge in [-0.25, -0.2) is 8.78 Å². The molecule has 0 atom stereocenters. The van der Waals surface area contributed by atoms with Crippen LogP contribution in [0.3, 0.4) is 0 Å². The molecule has 0 radical (unpaired) electrons. The Bertz CT molecular complexity index is 2920. The second-order valence-corrected chi connectivity index (χ2v) is 24.8. The molecule has 0 amide bonds. The Kier molecular flexibility index (Phi) is 34.1. The normalized spacial score (nSPS) is 11.1. The summed E-state index contributed by atoms with van der Waals surface area (Å²) in [5.41, 5.74) is 9.71. The molecule has 1 nitrogen and oxygen atoms in total. The molecule has 7 aromatic carbocycles. The van der Waals surface area contributed by atoms with E-state index >= 15 is 0 Å². The van der Waals surface area contributed by atoms with Gasteiger partial charge in [0.1, 0.15) is 17.4 Å². The lowest BCUT2D eigenvalue weighted by Gasteiger charge is -2.13. The van der Waals surface area contributed by atoms with Crippen molar-refractivity contribution in [1.82, 2.24) is 0 Å². The van der Waals surface area contributed by atoms with Crippen molar-refractivity contribution in [1.29, 1.82) is 0 Å². The SMILES string of the molecule is CC(C)c1ccc(Cl)c(C(F)(F)F)c1.CC(C)c1ccc(Cl)c(OC(F)(F)F)c1.CC(C)c1ccc(Cl)cc1Cl.CC(C)c1ccc(F)cc1F.Cc1ccc(C(C)C)c(Cl)c1.Cc1ccc(C(C)C)cc1Cl.Cc1ccc(C(C)C)cc1Cl. The van der Waals surface area contributed by atoms with Crippen LogP contribution >= 0.6 is 81.2 Å². The lowest BCUT2D eigenvalue weighted by Crippen LogP contribution is -2.17. The van der Waals surface area contributed by atoms with Crippen LogP contribution in [0.1, 0.15) is 200 Å². The number of aryl methyl sites for hydroxylation is 3. The average Bonchev–Trinajstić information content (AvgIpc) is 3.55. The lowest BCUT2D eigenvalue weighted by molar-refractivity contribution is -0.274. The second-order valence-electron chi connectivity index (χ2n) is 21.9. The van der Waals surface area contributed by atoms with Gasteiger partial charge in [0.05, 0.1) is 15.6 Å². The molecule has 16 heteroatoms. The van der Waals surface area contributed by atoms with Gasteiger partial charge in [0.2, 0.25) is 0 Å². The summed E-state index contributed by atoms with van der Waals surface area (Å²) in [6.07, 6.45) is -9.08. The summed E-state index contributed by atoms with van der Waals surface area (Å²) in [7, 11) is 0. The Balaban J connectivity index is 0.000000492. The van der Waals surface area contributed by atoms with E-state index in [9.17, 15) is 35.1 Å². The molecule has 462 valence electrons. The predicted octanol–water partition coefficient (Wildman–Crippen LogP) is 27.4. The molecule has 0 fully saturated rings. The van der Waals surface area contributed by atoms with Gasteiger partial charge >= 0.3 is 12.5 Å². The number of halogens is 15. The van der Waals surface area contributed by atoms with Crippen LogP contribution in [-0.4, -0.2) is 6.36 Å². The molecule has 7 aromatic rings. The third-order valence-electron chi connectivity index (χ3n) is 12.5. The number of benzene rings is 7. The van der Waals surface area contributed by atoms with E-state index in [1.54, 1.807) is 18.2 Å². The highest BCUT2D eigenvalue weighted by molar-refractivity contribution is 6.35. The van der Waals surface area contributed by atoms with Gasteiger partial charge in [-0.05, 0) is 178 Å². The van der Waals surface area contributed by atoms with E-state index in [0.29, 0.717) is 39.8 Å². The van der Waals surface area contributed by atoms with Crippen molar-refractivity contribution in [3.63, 3.8) is 0 Å². The van der Waals surface area contributed by atoms with Crippen LogP contribution in [0.4, 0.5) is 35.1 Å². The first kappa shape index (κ1) is 77.8. The molecular weight excluding hydrogens is 1230 g/mol. The van der Waals surface area contributed by atoms with Gasteiger partial charge in [0.25, 0.3) is 0 Å². The molecular formula is C68H79Cl7F8O. The van der Waals surface area contributed by atoms with Gasteiger partial charge in [-0.1, -0.05) is 239 Å². The first-order valence-electron chi connectivity index (χ1n) is 27.3. The Morgan fingerprint density at radius 3 is 1.10 bits per heavy atom. The van der Waals surface area contributed by atoms with Crippen molar-refractivity contribution < 1.29 is 39.9 Å². The number of rotatable bonds is 8. The minimum atomic E-state index is -4.71. The maximum atomic E-state index is 12.9. The maximum absolute atomic E-state index is 12.9. The number of ether oxygens (including phenoxy) is 1. The van der Waals surface area contributed by atoms with Gasteiger partial charge in [-0.2, -0.15) is 13.2 Å². The Labute approximate surface area is 530 Å². The predicted molar refractivity (Wildman–Crippen MR) is 345 cm³/mol. The summed E-state index contributed by atoms with van der Waals surface area (Å²) in [5.74, 6) is 1.06. The van der Waals surface area contributed by atoms with Gasteiger partial charge in [0.15, 0.2) is 0 Å². The van der Waals surface area contributed by atoms with Crippen LogP contribution in [0.15, 0.2) is 127 Å². The lowest BCUT2D eigenvalue weighted by atomic mass is 10.0. The third-order valence-corrected chi connectivity index (χ3v) is 14.8. The summed E-state index contributed by atoms with van der Waals surface area (Å²) in [4.78, 5) is 0. The average molecular weight is 1310 g/mol. The van der Waals surface area contributed by atoms with E-state index in [-0.39, 0.29) is 33.5 Å². The van der Waals surface area contributed by atoms with Crippen LogP contribution in [0, 0.1) is 32.4 Å². The first-order valence-corrected chi connectivity index (χ1v) is 29.9. The number of hydrogen-bond acceptors (Lipinski definition) is 1. The van der Waals surface area contributed by atoms with E-state index in [1.165, 1.54) is 52.6 Å². The summed E-state index contributed by atoms with van der Waals surface area (Å²) in [5, 5.41) is 3.79. The highest BCUT2D eigenvalue weighted by Crippen LogP contribution is 2.37. The molecule has 0 aliphatic rings. The monoisotopic (exact) mass is 1310 g/mol. The van der Waals surface area contributed by atoms with E-state index in [1.807, 2.05) is 85.7 Å². The molecule has 7 rings (SSSR count). The Hall–Kier alpha value is -4.19. The van der Waals surface area contributed by atoms with Crippen molar-refractivity contribution in [2.45, 2.75) is 172 Å². The highest BCUT2D eigenvalue weighted by atomic mass is 35.5. The van der Waals surface area contributed by atoms with Crippen molar-refractivity contribution in [2.24, 2.45) is 0 Å². The number of alkyl halides is 6. The smallest absolute Gasteiger partial charge is 0.404 e. The zero-order valence-corrected chi connectivity index (χ0v) is 56.0. The zero-order chi connectivity index (χ0) is 64.7. The molecule has 0 unspecified atom stereocenters. The van der Waals surface area contributed by atoms with Gasteiger partial charge in [-0.15, -0.1) is 13.2 Å². The molecule has 0 aliphatic carbocycles. The summed E-state index contributed by atoms with van der Waals surface area (Å²) < 4.78 is 102. The minimum absolute atomic E-state index is 0.0447. The molecule has 0 aromatic heterocycles. The first-order chi connectivity index (χ1) is 38.7. The molecule has 0 bridgehead atoms. The van der Waals surface area contributed by atoms with Crippen LogP contribution in [0.2, 0.25) is 35.2 Å². The van der Waals surface area contributed by atoms with E-state index in [4.69, 9.17) is 81.2 Å². The van der Waals surface area contributed by atoms with Gasteiger partial charge < -0.3 is 4.74 Å². The van der Waals surface area contributed by atoms with Gasteiger partial charge in [-0.3, -0.25) is 0 Å². The summed E-state index contributed by atoms with van der Waals surface area (Å²) in [6, 6.07) is 36.4. The molecule has 0 N–H and O–H groups in total. The standard InChI is InChI=1S/C10H10ClF3O.C10H10ClF3.3C10H13Cl.C9H10Cl2.C9H10F2/c1-6(2)7-3-4-8(11)9(5-7)15-10(12,13)14;1-6(2)7-3-4-9(11)8(5-7)10(12,13)14;2*1-7(2)9-5-4-8(3)10(11)6-9;1-7(2)9-5-4-8(3)6-10(9)11;2*1-6(2)8-4-3-7(10)5-9(8)11/h3-6H,1-2H3;3-6H,1-2H3;3*4-7H,1-3H3;2*3-6H,1-2H3. The van der Waals surface area contributed by atoms with Gasteiger partial charge in [0, 0.05) is 31.2 Å². The summed E-state index contributed by atoms with van der Waals surface area (Å²) in [6.45, 7) is 34.4. The van der Waals surface area contributed by atoms with Crippen molar-refractivity contribution in [3.05, 3.63) is 235 Å². The zero-order valence-electron chi connectivity index (χ0n) is 50.7. The molecule has 84 heavy (non-hydrogen) atoms. The Morgan fingerprint density at radius 2 is 0.726 bits per heavy atom. The van der Waals surface area contributed by atoms with Crippen LogP contribution in [0.25, 0.3) is 0 Å². The molecule has 0 aliphatic heterocycles. The molecule has 0 heterocycles.